The van der Waals surface area contributed by atoms with Gasteiger partial charge in [-0.05, 0) is 30.5 Å². The van der Waals surface area contributed by atoms with E-state index in [0.717, 1.165) is 36.1 Å². The summed E-state index contributed by atoms with van der Waals surface area (Å²) in [6.45, 7) is 4.11. The molecule has 1 N–H and O–H groups in total. The van der Waals surface area contributed by atoms with Crippen LogP contribution in [0.5, 0.6) is 0 Å². The standard InChI is InChI=1S/C15H19NO2.4CH4/c1-3-5-10(4-2)15(18)16-12-7-6-11-8-14(17)13(11)9-12;;;;/h6-7,9-10H,3-5,8H2,1-2H3,(H,16,18);4*1H4. The van der Waals surface area contributed by atoms with Gasteiger partial charge in [0, 0.05) is 23.6 Å². The van der Waals surface area contributed by atoms with Crippen molar-refractivity contribution in [2.75, 3.05) is 5.32 Å². The molecule has 0 aromatic heterocycles. The monoisotopic (exact) mass is 309 g/mol. The first-order chi connectivity index (χ1) is 8.65. The van der Waals surface area contributed by atoms with Crippen LogP contribution in [0.15, 0.2) is 18.2 Å². The van der Waals surface area contributed by atoms with E-state index in [0.29, 0.717) is 6.42 Å². The van der Waals surface area contributed by atoms with Crippen LogP contribution < -0.4 is 5.32 Å². The lowest BCUT2D eigenvalue weighted by Crippen LogP contribution is -2.24. The maximum absolute atomic E-state index is 12.0. The van der Waals surface area contributed by atoms with Crippen LogP contribution in [0.3, 0.4) is 0 Å². The van der Waals surface area contributed by atoms with Crippen molar-refractivity contribution in [3.8, 4) is 0 Å². The molecule has 128 valence electrons. The minimum Gasteiger partial charge on any atom is -0.326 e. The Hall–Kier alpha value is -1.64. The molecule has 0 heterocycles. The van der Waals surface area contributed by atoms with E-state index in [4.69, 9.17) is 0 Å². The number of hydrogen-bond donors (Lipinski definition) is 1. The van der Waals surface area contributed by atoms with Crippen molar-refractivity contribution in [1.29, 1.82) is 0 Å². The van der Waals surface area contributed by atoms with E-state index >= 15 is 0 Å². The lowest BCUT2D eigenvalue weighted by Gasteiger charge is -2.19. The average Bonchev–Trinajstić information content (AvgIpc) is 2.36. The molecule has 3 heteroatoms. The van der Waals surface area contributed by atoms with E-state index in [-0.39, 0.29) is 47.3 Å². The molecule has 1 atom stereocenters. The number of hydrogen-bond acceptors (Lipinski definition) is 2. The third-order valence-corrected chi connectivity index (χ3v) is 3.53. The minimum absolute atomic E-state index is 0. The van der Waals surface area contributed by atoms with E-state index in [1.54, 1.807) is 6.07 Å². The molecule has 1 aromatic carbocycles. The number of nitrogens with one attached hydrogen (secondary N) is 1. The fourth-order valence-corrected chi connectivity index (χ4v) is 2.34. The molecule has 2 rings (SSSR count). The summed E-state index contributed by atoms with van der Waals surface area (Å²) in [7, 11) is 0. The summed E-state index contributed by atoms with van der Waals surface area (Å²) in [5.41, 5.74) is 2.58. The molecule has 22 heavy (non-hydrogen) atoms. The molecule has 0 aliphatic heterocycles. The van der Waals surface area contributed by atoms with Gasteiger partial charge in [0.05, 0.1) is 0 Å². The highest BCUT2D eigenvalue weighted by Gasteiger charge is 2.23. The normalized spacial score (nSPS) is 12.0. The van der Waals surface area contributed by atoms with Gasteiger partial charge >= 0.3 is 0 Å². The van der Waals surface area contributed by atoms with Gasteiger partial charge in [0.1, 0.15) is 0 Å². The first kappa shape index (κ1) is 25.3. The molecule has 0 spiro atoms. The summed E-state index contributed by atoms with van der Waals surface area (Å²) in [5, 5.41) is 2.91. The zero-order valence-corrected chi connectivity index (χ0v) is 11.0. The smallest absolute Gasteiger partial charge is 0.227 e. The lowest BCUT2D eigenvalue weighted by molar-refractivity contribution is -0.120. The van der Waals surface area contributed by atoms with Gasteiger partial charge in [0.15, 0.2) is 5.78 Å². The predicted octanol–water partition coefficient (Wildman–Crippen LogP) is 5.73. The Labute approximate surface area is 137 Å². The van der Waals surface area contributed by atoms with Crippen molar-refractivity contribution in [1.82, 2.24) is 0 Å². The van der Waals surface area contributed by atoms with Crippen LogP contribution in [0.4, 0.5) is 5.69 Å². The zero-order valence-electron chi connectivity index (χ0n) is 11.0. The topological polar surface area (TPSA) is 46.2 Å². The number of fused-ring (bicyclic) bond motifs is 1. The summed E-state index contributed by atoms with van der Waals surface area (Å²) < 4.78 is 0. The first-order valence-corrected chi connectivity index (χ1v) is 6.62. The Bertz CT molecular complexity index is 480. The van der Waals surface area contributed by atoms with E-state index in [1.165, 1.54) is 0 Å². The summed E-state index contributed by atoms with van der Waals surface area (Å²) in [5.74, 6) is 0.296. The van der Waals surface area contributed by atoms with Gasteiger partial charge in [-0.25, -0.2) is 0 Å². The van der Waals surface area contributed by atoms with Crippen LogP contribution in [0, 0.1) is 5.92 Å². The summed E-state index contributed by atoms with van der Waals surface area (Å²) in [4.78, 5) is 23.4. The molecule has 0 fully saturated rings. The summed E-state index contributed by atoms with van der Waals surface area (Å²) in [6, 6.07) is 5.59. The number of benzene rings is 1. The quantitative estimate of drug-likeness (QED) is 0.754. The van der Waals surface area contributed by atoms with Gasteiger partial charge in [0.2, 0.25) is 5.91 Å². The van der Waals surface area contributed by atoms with Gasteiger partial charge in [-0.15, -0.1) is 0 Å². The molecule has 1 aliphatic carbocycles. The van der Waals surface area contributed by atoms with Gasteiger partial charge < -0.3 is 5.32 Å². The van der Waals surface area contributed by atoms with Gasteiger partial charge in [-0.1, -0.05) is 56.0 Å². The molecular weight excluding hydrogens is 274 g/mol. The number of anilines is 1. The number of ketones is 1. The second-order valence-electron chi connectivity index (χ2n) is 4.85. The third-order valence-electron chi connectivity index (χ3n) is 3.53. The number of Topliss-reactive ketones (excluding diaryl/α,β-unsaturated/α-hetero) is 1. The van der Waals surface area contributed by atoms with Crippen LogP contribution in [-0.2, 0) is 11.2 Å². The van der Waals surface area contributed by atoms with Crippen molar-refractivity contribution in [2.24, 2.45) is 5.92 Å². The van der Waals surface area contributed by atoms with Crippen LogP contribution in [-0.4, -0.2) is 11.7 Å². The lowest BCUT2D eigenvalue weighted by atomic mass is 9.87. The number of amides is 1. The maximum atomic E-state index is 12.0. The highest BCUT2D eigenvalue weighted by Crippen LogP contribution is 2.26. The molecule has 1 unspecified atom stereocenters. The molecular formula is C19H35NO2. The molecule has 1 aliphatic rings. The second kappa shape index (κ2) is 11.0. The molecule has 3 nitrogen and oxygen atoms in total. The number of carbonyl (C=O) groups excluding carboxylic acids is 2. The van der Waals surface area contributed by atoms with Crippen molar-refractivity contribution in [3.05, 3.63) is 29.3 Å². The fourth-order valence-electron chi connectivity index (χ4n) is 2.34. The Morgan fingerprint density at radius 1 is 1.18 bits per heavy atom. The number of rotatable bonds is 5. The van der Waals surface area contributed by atoms with Crippen molar-refractivity contribution in [3.63, 3.8) is 0 Å². The Kier molecular flexibility index (Phi) is 12.7. The Morgan fingerprint density at radius 2 is 1.82 bits per heavy atom. The molecule has 0 bridgehead atoms. The first-order valence-electron chi connectivity index (χ1n) is 6.62. The van der Waals surface area contributed by atoms with E-state index in [9.17, 15) is 9.59 Å². The average molecular weight is 309 g/mol. The molecule has 0 saturated carbocycles. The van der Waals surface area contributed by atoms with Gasteiger partial charge in [0.25, 0.3) is 0 Å². The minimum atomic E-state index is 0. The second-order valence-corrected chi connectivity index (χ2v) is 4.85. The SMILES string of the molecule is C.C.C.C.CCCC(CC)C(=O)Nc1ccc2c(c1)C(=O)C2. The van der Waals surface area contributed by atoms with Crippen LogP contribution in [0.25, 0.3) is 0 Å². The summed E-state index contributed by atoms with van der Waals surface area (Å²) >= 11 is 0. The molecule has 1 aromatic rings. The third kappa shape index (κ3) is 5.28. The van der Waals surface area contributed by atoms with Gasteiger partial charge in [-0.2, -0.15) is 0 Å². The largest absolute Gasteiger partial charge is 0.326 e. The van der Waals surface area contributed by atoms with Crippen molar-refractivity contribution in [2.45, 2.75) is 69.2 Å². The maximum Gasteiger partial charge on any atom is 0.227 e. The molecule has 0 saturated heterocycles. The van der Waals surface area contributed by atoms with Gasteiger partial charge in [-0.3, -0.25) is 9.59 Å². The Morgan fingerprint density at radius 3 is 2.32 bits per heavy atom. The number of carbonyl (C=O) groups is 2. The van der Waals surface area contributed by atoms with E-state index < -0.39 is 0 Å². The summed E-state index contributed by atoms with van der Waals surface area (Å²) in [6.07, 6.45) is 3.31. The van der Waals surface area contributed by atoms with E-state index in [2.05, 4.69) is 12.2 Å². The predicted molar refractivity (Wildman–Crippen MR) is 98.7 cm³/mol. The Balaban J connectivity index is -0.000000902. The van der Waals surface area contributed by atoms with E-state index in [1.807, 2.05) is 19.1 Å². The molecule has 1 amide bonds. The van der Waals surface area contributed by atoms with Crippen molar-refractivity contribution >= 4 is 17.4 Å². The van der Waals surface area contributed by atoms with Crippen LogP contribution >= 0.6 is 0 Å². The highest BCUT2D eigenvalue weighted by molar-refractivity contribution is 6.07. The van der Waals surface area contributed by atoms with Crippen LogP contribution in [0.1, 0.15) is 78.7 Å². The highest BCUT2D eigenvalue weighted by atomic mass is 16.2. The van der Waals surface area contributed by atoms with Crippen molar-refractivity contribution < 1.29 is 9.59 Å². The molecule has 0 radical (unpaired) electrons. The zero-order chi connectivity index (χ0) is 13.1. The van der Waals surface area contributed by atoms with Crippen LogP contribution in [0.2, 0.25) is 0 Å². The fraction of sp³-hybridized carbons (Fsp3) is 0.579.